The number of aromatic nitrogens is 5. The quantitative estimate of drug-likeness (QED) is 0.480. The van der Waals surface area contributed by atoms with E-state index in [4.69, 9.17) is 9.97 Å². The van der Waals surface area contributed by atoms with Gasteiger partial charge in [0.2, 0.25) is 0 Å². The van der Waals surface area contributed by atoms with E-state index < -0.39 is 0 Å². The minimum Gasteiger partial charge on any atom is -0.360 e. The van der Waals surface area contributed by atoms with Crippen molar-refractivity contribution >= 4 is 5.82 Å². The third kappa shape index (κ3) is 3.56. The molecular formula is C24H24N6. The molecule has 2 N–H and O–H groups in total. The fourth-order valence-electron chi connectivity index (χ4n) is 3.98. The zero-order chi connectivity index (χ0) is 20.3. The van der Waals surface area contributed by atoms with Crippen molar-refractivity contribution in [1.82, 2.24) is 24.9 Å². The lowest BCUT2D eigenvalue weighted by molar-refractivity contribution is 0.698. The number of benzene rings is 1. The minimum absolute atomic E-state index is 0.0452. The van der Waals surface area contributed by atoms with Crippen molar-refractivity contribution in [2.75, 3.05) is 5.32 Å². The second-order valence-electron chi connectivity index (χ2n) is 7.57. The van der Waals surface area contributed by atoms with Crippen LogP contribution in [0.4, 0.5) is 5.82 Å². The molecule has 150 valence electrons. The Kier molecular flexibility index (Phi) is 4.97. The Morgan fingerprint density at radius 2 is 1.87 bits per heavy atom. The summed E-state index contributed by atoms with van der Waals surface area (Å²) < 4.78 is 0. The van der Waals surface area contributed by atoms with E-state index in [1.54, 1.807) is 6.20 Å². The Labute approximate surface area is 175 Å². The third-order valence-electron chi connectivity index (χ3n) is 5.58. The molecule has 0 amide bonds. The van der Waals surface area contributed by atoms with Gasteiger partial charge in [-0.15, -0.1) is 0 Å². The summed E-state index contributed by atoms with van der Waals surface area (Å²) in [5, 5.41) is 3.66. The number of fused-ring (bicyclic) bond motifs is 1. The van der Waals surface area contributed by atoms with Crippen LogP contribution in [0.3, 0.4) is 0 Å². The van der Waals surface area contributed by atoms with Gasteiger partial charge in [-0.2, -0.15) is 0 Å². The first kappa shape index (κ1) is 18.5. The Balaban J connectivity index is 1.47. The standard InChI is InChI=1S/C24H24N6/c1-2-19(24-26-15-21(29-24)16-8-4-3-5-9-16)27-23-18-11-6-12-20(18)28-22(30-23)17-10-7-13-25-14-17/h3-5,7-10,13-15,19H,2,6,11-12H2,1H3,(H,26,29)(H,27,28,30)/t19-/m0/s1. The highest BCUT2D eigenvalue weighted by Crippen LogP contribution is 2.32. The topological polar surface area (TPSA) is 79.4 Å². The summed E-state index contributed by atoms with van der Waals surface area (Å²) in [6.45, 7) is 2.16. The number of hydrogen-bond donors (Lipinski definition) is 2. The van der Waals surface area contributed by atoms with Gasteiger partial charge in [-0.1, -0.05) is 37.3 Å². The maximum atomic E-state index is 4.89. The van der Waals surface area contributed by atoms with Crippen molar-refractivity contribution < 1.29 is 0 Å². The zero-order valence-electron chi connectivity index (χ0n) is 17.0. The van der Waals surface area contributed by atoms with E-state index in [-0.39, 0.29) is 6.04 Å². The second-order valence-corrected chi connectivity index (χ2v) is 7.57. The van der Waals surface area contributed by atoms with Crippen molar-refractivity contribution in [3.8, 4) is 22.6 Å². The molecule has 0 saturated carbocycles. The minimum atomic E-state index is 0.0452. The summed E-state index contributed by atoms with van der Waals surface area (Å²) in [4.78, 5) is 22.1. The fourth-order valence-corrected chi connectivity index (χ4v) is 3.98. The molecule has 6 heteroatoms. The van der Waals surface area contributed by atoms with Crippen molar-refractivity contribution in [2.45, 2.75) is 38.6 Å². The van der Waals surface area contributed by atoms with Gasteiger partial charge in [-0.05, 0) is 43.4 Å². The van der Waals surface area contributed by atoms with Crippen molar-refractivity contribution in [1.29, 1.82) is 0 Å². The summed E-state index contributed by atoms with van der Waals surface area (Å²) in [6.07, 6.45) is 9.50. The normalized spacial score (nSPS) is 13.8. The molecule has 0 radical (unpaired) electrons. The first-order valence-corrected chi connectivity index (χ1v) is 10.5. The molecular weight excluding hydrogens is 372 g/mol. The van der Waals surface area contributed by atoms with Gasteiger partial charge in [0.1, 0.15) is 11.6 Å². The number of anilines is 1. The van der Waals surface area contributed by atoms with Crippen molar-refractivity contribution in [2.24, 2.45) is 0 Å². The highest BCUT2D eigenvalue weighted by Gasteiger charge is 2.23. The van der Waals surface area contributed by atoms with E-state index in [0.29, 0.717) is 0 Å². The summed E-state index contributed by atoms with van der Waals surface area (Å²) in [6, 6.07) is 14.2. The van der Waals surface area contributed by atoms with Crippen LogP contribution in [0.1, 0.15) is 42.9 Å². The SMILES string of the molecule is CC[C@H](Nc1nc(-c2cccnc2)nc2c1CCC2)c1ncc(-c2ccccc2)[nH]1. The Bertz CT molecular complexity index is 1140. The predicted molar refractivity (Wildman–Crippen MR) is 118 cm³/mol. The molecule has 0 spiro atoms. The molecule has 4 aromatic rings. The lowest BCUT2D eigenvalue weighted by Crippen LogP contribution is -2.15. The number of aryl methyl sites for hydroxylation is 1. The molecule has 0 unspecified atom stereocenters. The number of aromatic amines is 1. The maximum absolute atomic E-state index is 4.89. The van der Waals surface area contributed by atoms with Crippen LogP contribution in [-0.4, -0.2) is 24.9 Å². The van der Waals surface area contributed by atoms with E-state index in [0.717, 1.165) is 65.7 Å². The first-order valence-electron chi connectivity index (χ1n) is 10.5. The van der Waals surface area contributed by atoms with Crippen LogP contribution in [0.2, 0.25) is 0 Å². The van der Waals surface area contributed by atoms with Crippen LogP contribution >= 0.6 is 0 Å². The Morgan fingerprint density at radius 1 is 1.00 bits per heavy atom. The molecule has 0 aliphatic heterocycles. The van der Waals surface area contributed by atoms with Crippen LogP contribution in [0.25, 0.3) is 22.6 Å². The molecule has 3 aromatic heterocycles. The summed E-state index contributed by atoms with van der Waals surface area (Å²) in [5.41, 5.74) is 5.47. The molecule has 5 rings (SSSR count). The Hall–Kier alpha value is -3.54. The smallest absolute Gasteiger partial charge is 0.163 e. The lowest BCUT2D eigenvalue weighted by Gasteiger charge is -2.18. The van der Waals surface area contributed by atoms with Gasteiger partial charge in [-0.25, -0.2) is 15.0 Å². The van der Waals surface area contributed by atoms with Gasteiger partial charge < -0.3 is 10.3 Å². The number of nitrogens with zero attached hydrogens (tertiary/aromatic N) is 4. The molecule has 1 atom stereocenters. The van der Waals surface area contributed by atoms with E-state index in [2.05, 4.69) is 39.3 Å². The maximum Gasteiger partial charge on any atom is 0.163 e. The third-order valence-corrected chi connectivity index (χ3v) is 5.58. The number of nitrogens with one attached hydrogen (secondary N) is 2. The van der Waals surface area contributed by atoms with E-state index in [1.807, 2.05) is 42.7 Å². The van der Waals surface area contributed by atoms with Gasteiger partial charge in [0, 0.05) is 29.2 Å². The van der Waals surface area contributed by atoms with Crippen molar-refractivity contribution in [3.63, 3.8) is 0 Å². The molecule has 1 aromatic carbocycles. The molecule has 0 bridgehead atoms. The first-order chi connectivity index (χ1) is 14.8. The van der Waals surface area contributed by atoms with Crippen molar-refractivity contribution in [3.05, 3.63) is 78.1 Å². The summed E-state index contributed by atoms with van der Waals surface area (Å²) in [5.74, 6) is 2.57. The van der Waals surface area contributed by atoms with Crippen LogP contribution in [0, 0.1) is 0 Å². The van der Waals surface area contributed by atoms with Gasteiger partial charge >= 0.3 is 0 Å². The van der Waals surface area contributed by atoms with E-state index in [9.17, 15) is 0 Å². The van der Waals surface area contributed by atoms with Crippen LogP contribution in [0.5, 0.6) is 0 Å². The highest BCUT2D eigenvalue weighted by molar-refractivity contribution is 5.61. The largest absolute Gasteiger partial charge is 0.360 e. The number of rotatable bonds is 6. The molecule has 1 aliphatic carbocycles. The summed E-state index contributed by atoms with van der Waals surface area (Å²) >= 11 is 0. The number of H-pyrrole nitrogens is 1. The van der Waals surface area contributed by atoms with Gasteiger partial charge in [0.05, 0.1) is 17.9 Å². The molecule has 0 fully saturated rings. The van der Waals surface area contributed by atoms with Gasteiger partial charge in [0.25, 0.3) is 0 Å². The molecule has 1 aliphatic rings. The highest BCUT2D eigenvalue weighted by atomic mass is 15.1. The lowest BCUT2D eigenvalue weighted by atomic mass is 10.1. The average Bonchev–Trinajstić information content (AvgIpc) is 3.48. The number of pyridine rings is 1. The molecule has 0 saturated heterocycles. The predicted octanol–water partition coefficient (Wildman–Crippen LogP) is 4.98. The van der Waals surface area contributed by atoms with Crippen LogP contribution in [0.15, 0.2) is 61.1 Å². The van der Waals surface area contributed by atoms with Gasteiger partial charge in [-0.3, -0.25) is 4.98 Å². The van der Waals surface area contributed by atoms with Crippen LogP contribution in [-0.2, 0) is 12.8 Å². The van der Waals surface area contributed by atoms with Crippen LogP contribution < -0.4 is 5.32 Å². The number of imidazole rings is 1. The van der Waals surface area contributed by atoms with E-state index in [1.165, 1.54) is 5.56 Å². The number of hydrogen-bond acceptors (Lipinski definition) is 5. The molecule has 6 nitrogen and oxygen atoms in total. The molecule has 30 heavy (non-hydrogen) atoms. The van der Waals surface area contributed by atoms with E-state index >= 15 is 0 Å². The molecule has 3 heterocycles. The average molecular weight is 396 g/mol. The fraction of sp³-hybridized carbons (Fsp3) is 0.250. The monoisotopic (exact) mass is 396 g/mol. The van der Waals surface area contributed by atoms with Gasteiger partial charge in [0.15, 0.2) is 5.82 Å². The Morgan fingerprint density at radius 3 is 2.67 bits per heavy atom. The second kappa shape index (κ2) is 8.06. The zero-order valence-corrected chi connectivity index (χ0v) is 17.0. The summed E-state index contributed by atoms with van der Waals surface area (Å²) in [7, 11) is 0.